The first-order chi connectivity index (χ1) is 16.6. The van der Waals surface area contributed by atoms with Gasteiger partial charge in [-0.15, -0.1) is 0 Å². The quantitative estimate of drug-likeness (QED) is 0.536. The second-order valence-corrected chi connectivity index (χ2v) is 8.85. The third-order valence-corrected chi connectivity index (χ3v) is 6.62. The summed E-state index contributed by atoms with van der Waals surface area (Å²) in [4.78, 5) is 29.5. The van der Waals surface area contributed by atoms with Crippen molar-refractivity contribution in [2.75, 3.05) is 39.3 Å². The first-order valence-electron chi connectivity index (χ1n) is 12.5. The zero-order valence-electron chi connectivity index (χ0n) is 20.4. The van der Waals surface area contributed by atoms with Crippen molar-refractivity contribution in [3.63, 3.8) is 0 Å². The molecular weight excluding hydrogens is 424 g/mol. The lowest BCUT2D eigenvalue weighted by molar-refractivity contribution is -0.137. The van der Waals surface area contributed by atoms with Crippen molar-refractivity contribution in [3.05, 3.63) is 59.7 Å². The van der Waals surface area contributed by atoms with E-state index in [0.29, 0.717) is 23.6 Å². The van der Waals surface area contributed by atoms with Gasteiger partial charge in [0.2, 0.25) is 5.91 Å². The highest BCUT2D eigenvalue weighted by Crippen LogP contribution is 2.23. The molecule has 0 aromatic heterocycles. The number of nitrogens with zero attached hydrogens (tertiary/aromatic N) is 3. The van der Waals surface area contributed by atoms with E-state index < -0.39 is 0 Å². The van der Waals surface area contributed by atoms with Gasteiger partial charge in [-0.2, -0.15) is 5.26 Å². The number of unbranched alkanes of at least 4 members (excludes halogenated alkanes) is 1. The third-order valence-electron chi connectivity index (χ3n) is 6.62. The Morgan fingerprint density at radius 1 is 1.09 bits per heavy atom. The summed E-state index contributed by atoms with van der Waals surface area (Å²) in [6.07, 6.45) is 3.97. The molecule has 180 valence electrons. The van der Waals surface area contributed by atoms with Gasteiger partial charge in [0, 0.05) is 31.7 Å². The van der Waals surface area contributed by atoms with E-state index in [2.05, 4.69) is 16.3 Å². The Labute approximate surface area is 203 Å². The molecule has 3 rings (SSSR count). The molecule has 2 amide bonds. The second kappa shape index (κ2) is 12.9. The first kappa shape index (κ1) is 25.5. The fraction of sp³-hybridized carbons (Fsp3) is 0.464. The van der Waals surface area contributed by atoms with E-state index in [4.69, 9.17) is 0 Å². The van der Waals surface area contributed by atoms with Gasteiger partial charge in [0.25, 0.3) is 5.91 Å². The van der Waals surface area contributed by atoms with Gasteiger partial charge in [-0.3, -0.25) is 9.59 Å². The van der Waals surface area contributed by atoms with Gasteiger partial charge >= 0.3 is 0 Å². The maximum Gasteiger partial charge on any atom is 0.251 e. The van der Waals surface area contributed by atoms with E-state index in [9.17, 15) is 14.9 Å². The molecule has 0 bridgehead atoms. The Morgan fingerprint density at radius 2 is 1.82 bits per heavy atom. The molecule has 1 unspecified atom stereocenters. The summed E-state index contributed by atoms with van der Waals surface area (Å²) < 4.78 is 0. The SMILES string of the molecule is CCN(CC)C(=O)C1CCCN(CCCCNC(=O)c2ccc(-c3ccccc3C#N)cc2)C1. The number of nitrogens with one attached hydrogen (secondary N) is 1. The average molecular weight is 461 g/mol. The number of hydrogen-bond donors (Lipinski definition) is 1. The van der Waals surface area contributed by atoms with Gasteiger partial charge in [0.15, 0.2) is 0 Å². The normalized spacial score (nSPS) is 16.0. The molecule has 2 aromatic rings. The number of carbonyl (C=O) groups excluding carboxylic acids is 2. The molecule has 6 nitrogen and oxygen atoms in total. The molecule has 1 aliphatic heterocycles. The van der Waals surface area contributed by atoms with Crippen molar-refractivity contribution in [3.8, 4) is 17.2 Å². The van der Waals surface area contributed by atoms with Gasteiger partial charge in [-0.05, 0) is 81.9 Å². The van der Waals surface area contributed by atoms with Crippen molar-refractivity contribution in [1.29, 1.82) is 5.26 Å². The Balaban J connectivity index is 1.40. The zero-order chi connectivity index (χ0) is 24.3. The maximum absolute atomic E-state index is 12.7. The third kappa shape index (κ3) is 6.68. The van der Waals surface area contributed by atoms with Crippen LogP contribution in [0.25, 0.3) is 11.1 Å². The lowest BCUT2D eigenvalue weighted by atomic mass is 9.96. The van der Waals surface area contributed by atoms with Gasteiger partial charge in [-0.1, -0.05) is 30.3 Å². The average Bonchev–Trinajstić information content (AvgIpc) is 2.89. The molecule has 0 aliphatic carbocycles. The summed E-state index contributed by atoms with van der Waals surface area (Å²) in [5, 5.41) is 12.3. The maximum atomic E-state index is 12.7. The lowest BCUT2D eigenvalue weighted by Gasteiger charge is -2.34. The van der Waals surface area contributed by atoms with Crippen LogP contribution >= 0.6 is 0 Å². The molecule has 1 heterocycles. The van der Waals surface area contributed by atoms with Crippen molar-refractivity contribution in [2.24, 2.45) is 5.92 Å². The molecule has 6 heteroatoms. The molecule has 2 aromatic carbocycles. The van der Waals surface area contributed by atoms with Crippen LogP contribution in [0.1, 0.15) is 55.5 Å². The summed E-state index contributed by atoms with van der Waals surface area (Å²) in [5.41, 5.74) is 3.04. The fourth-order valence-electron chi connectivity index (χ4n) is 4.65. The van der Waals surface area contributed by atoms with Crippen molar-refractivity contribution in [2.45, 2.75) is 39.5 Å². The van der Waals surface area contributed by atoms with Gasteiger partial charge in [0.1, 0.15) is 0 Å². The van der Waals surface area contributed by atoms with E-state index in [0.717, 1.165) is 69.5 Å². The minimum absolute atomic E-state index is 0.0806. The standard InChI is InChI=1S/C28H36N4O2/c1-3-32(4-2)28(34)25-11-9-19-31(21-25)18-8-7-17-30-27(33)23-15-13-22(14-16-23)26-12-6-5-10-24(26)20-29/h5-6,10,12-16,25H,3-4,7-9,11,17-19,21H2,1-2H3,(H,30,33). The molecule has 0 radical (unpaired) electrons. The van der Waals surface area contributed by atoms with Crippen LogP contribution in [0.5, 0.6) is 0 Å². The molecule has 1 atom stereocenters. The molecule has 1 N–H and O–H groups in total. The highest BCUT2D eigenvalue weighted by Gasteiger charge is 2.27. The van der Waals surface area contributed by atoms with Crippen LogP contribution in [-0.4, -0.2) is 60.9 Å². The Kier molecular flexibility index (Phi) is 9.66. The predicted octanol–water partition coefficient (Wildman–Crippen LogP) is 4.32. The Hall–Kier alpha value is -3.17. The van der Waals surface area contributed by atoms with Crippen molar-refractivity contribution >= 4 is 11.8 Å². The predicted molar refractivity (Wildman–Crippen MR) is 135 cm³/mol. The number of amides is 2. The summed E-state index contributed by atoms with van der Waals surface area (Å²) in [7, 11) is 0. The summed E-state index contributed by atoms with van der Waals surface area (Å²) >= 11 is 0. The smallest absolute Gasteiger partial charge is 0.251 e. The largest absolute Gasteiger partial charge is 0.352 e. The molecular formula is C28H36N4O2. The van der Waals surface area contributed by atoms with Crippen molar-refractivity contribution < 1.29 is 9.59 Å². The van der Waals surface area contributed by atoms with E-state index in [1.165, 1.54) is 0 Å². The zero-order valence-corrected chi connectivity index (χ0v) is 20.4. The Bertz CT molecular complexity index is 992. The van der Waals surface area contributed by atoms with E-state index in [-0.39, 0.29) is 11.8 Å². The van der Waals surface area contributed by atoms with E-state index in [1.54, 1.807) is 18.2 Å². The molecule has 1 fully saturated rings. The highest BCUT2D eigenvalue weighted by atomic mass is 16.2. The van der Waals surface area contributed by atoms with E-state index >= 15 is 0 Å². The van der Waals surface area contributed by atoms with Crippen LogP contribution < -0.4 is 5.32 Å². The molecule has 0 saturated carbocycles. The number of carbonyl (C=O) groups is 2. The minimum Gasteiger partial charge on any atom is -0.352 e. The summed E-state index contributed by atoms with van der Waals surface area (Å²) in [6.45, 7) is 9.14. The second-order valence-electron chi connectivity index (χ2n) is 8.85. The number of rotatable bonds is 10. The topological polar surface area (TPSA) is 76.4 Å². The molecule has 34 heavy (non-hydrogen) atoms. The number of benzene rings is 2. The molecule has 1 aliphatic rings. The number of nitriles is 1. The van der Waals surface area contributed by atoms with E-state index in [1.807, 2.05) is 49.1 Å². The number of piperidine rings is 1. The van der Waals surface area contributed by atoms with Crippen LogP contribution in [0.3, 0.4) is 0 Å². The summed E-state index contributed by atoms with van der Waals surface area (Å²) in [6, 6.07) is 17.1. The van der Waals surface area contributed by atoms with Gasteiger partial charge < -0.3 is 15.1 Å². The highest BCUT2D eigenvalue weighted by molar-refractivity contribution is 5.94. The fourth-order valence-corrected chi connectivity index (χ4v) is 4.65. The molecule has 0 spiro atoms. The van der Waals surface area contributed by atoms with Crippen LogP contribution in [0.15, 0.2) is 48.5 Å². The summed E-state index contributed by atoms with van der Waals surface area (Å²) in [5.74, 6) is 0.337. The minimum atomic E-state index is -0.0806. The Morgan fingerprint density at radius 3 is 2.53 bits per heavy atom. The van der Waals surface area contributed by atoms with Gasteiger partial charge in [-0.25, -0.2) is 0 Å². The van der Waals surface area contributed by atoms with Crippen LogP contribution in [0.4, 0.5) is 0 Å². The number of likely N-dealkylation sites (tertiary alicyclic amines) is 1. The monoisotopic (exact) mass is 460 g/mol. The lowest BCUT2D eigenvalue weighted by Crippen LogP contribution is -2.45. The van der Waals surface area contributed by atoms with Crippen molar-refractivity contribution in [1.82, 2.24) is 15.1 Å². The van der Waals surface area contributed by atoms with Crippen LogP contribution in [0.2, 0.25) is 0 Å². The van der Waals surface area contributed by atoms with Gasteiger partial charge in [0.05, 0.1) is 17.6 Å². The van der Waals surface area contributed by atoms with Crippen LogP contribution in [0, 0.1) is 17.2 Å². The van der Waals surface area contributed by atoms with Crippen LogP contribution in [-0.2, 0) is 4.79 Å². The molecule has 1 saturated heterocycles. The number of hydrogen-bond acceptors (Lipinski definition) is 4. The first-order valence-corrected chi connectivity index (χ1v) is 12.5.